The first kappa shape index (κ1) is 12.0. The second kappa shape index (κ2) is 5.69. The number of nitrogens with two attached hydrogens (primary N) is 1. The number of ether oxygens (including phenoxy) is 1. The fourth-order valence-electron chi connectivity index (χ4n) is 2.04. The molecule has 0 radical (unpaired) electrons. The SMILES string of the molecule is CCOCC(C)N1CCC(C(C)N)C1. The highest BCUT2D eigenvalue weighted by Crippen LogP contribution is 2.20. The normalized spacial score (nSPS) is 27.9. The molecule has 3 nitrogen and oxygen atoms in total. The number of rotatable bonds is 5. The number of hydrogen-bond donors (Lipinski definition) is 1. The number of likely N-dealkylation sites (tertiary alicyclic amines) is 1. The fraction of sp³-hybridized carbons (Fsp3) is 1.00. The Bertz CT molecular complexity index is 161. The largest absolute Gasteiger partial charge is 0.380 e. The smallest absolute Gasteiger partial charge is 0.0618 e. The molecule has 1 heterocycles. The van der Waals surface area contributed by atoms with Crippen LogP contribution in [-0.2, 0) is 4.74 Å². The van der Waals surface area contributed by atoms with Crippen molar-refractivity contribution in [3.63, 3.8) is 0 Å². The summed E-state index contributed by atoms with van der Waals surface area (Å²) in [4.78, 5) is 2.49. The summed E-state index contributed by atoms with van der Waals surface area (Å²) in [5.74, 6) is 0.680. The minimum atomic E-state index is 0.333. The zero-order valence-corrected chi connectivity index (χ0v) is 9.70. The third-order valence-corrected chi connectivity index (χ3v) is 3.19. The predicted octanol–water partition coefficient (Wildman–Crippen LogP) is 1.08. The maximum Gasteiger partial charge on any atom is 0.0618 e. The standard InChI is InChI=1S/C11H24N2O/c1-4-14-8-9(2)13-6-5-11(7-13)10(3)12/h9-11H,4-8,12H2,1-3H3. The highest BCUT2D eigenvalue weighted by Gasteiger charge is 2.27. The second-order valence-electron chi connectivity index (χ2n) is 4.41. The number of nitrogens with zero attached hydrogens (tertiary/aromatic N) is 1. The van der Waals surface area contributed by atoms with Crippen molar-refractivity contribution in [1.29, 1.82) is 0 Å². The predicted molar refractivity (Wildman–Crippen MR) is 59.3 cm³/mol. The molecule has 1 aliphatic rings. The Morgan fingerprint density at radius 1 is 1.50 bits per heavy atom. The van der Waals surface area contributed by atoms with E-state index in [1.54, 1.807) is 0 Å². The molecule has 0 spiro atoms. The monoisotopic (exact) mass is 200 g/mol. The first-order valence-electron chi connectivity index (χ1n) is 5.72. The Kier molecular flexibility index (Phi) is 4.85. The zero-order chi connectivity index (χ0) is 10.6. The number of hydrogen-bond acceptors (Lipinski definition) is 3. The lowest BCUT2D eigenvalue weighted by molar-refractivity contribution is 0.0824. The van der Waals surface area contributed by atoms with Crippen LogP contribution in [0.4, 0.5) is 0 Å². The van der Waals surface area contributed by atoms with E-state index in [1.807, 2.05) is 6.92 Å². The van der Waals surface area contributed by atoms with E-state index in [2.05, 4.69) is 18.7 Å². The molecule has 0 aromatic rings. The molecule has 1 saturated heterocycles. The Morgan fingerprint density at radius 2 is 2.21 bits per heavy atom. The van der Waals surface area contributed by atoms with Crippen molar-refractivity contribution < 1.29 is 4.74 Å². The van der Waals surface area contributed by atoms with Crippen molar-refractivity contribution in [3.05, 3.63) is 0 Å². The molecule has 3 atom stereocenters. The van der Waals surface area contributed by atoms with Crippen molar-refractivity contribution in [2.45, 2.75) is 39.3 Å². The molecule has 1 aliphatic heterocycles. The van der Waals surface area contributed by atoms with E-state index in [4.69, 9.17) is 10.5 Å². The molecular weight excluding hydrogens is 176 g/mol. The maximum atomic E-state index is 5.90. The van der Waals surface area contributed by atoms with Gasteiger partial charge in [-0.05, 0) is 39.7 Å². The van der Waals surface area contributed by atoms with Gasteiger partial charge in [0.25, 0.3) is 0 Å². The molecular formula is C11H24N2O. The van der Waals surface area contributed by atoms with Gasteiger partial charge in [0.2, 0.25) is 0 Å². The van der Waals surface area contributed by atoms with Crippen molar-refractivity contribution in [3.8, 4) is 0 Å². The van der Waals surface area contributed by atoms with Crippen molar-refractivity contribution in [1.82, 2.24) is 4.90 Å². The first-order valence-corrected chi connectivity index (χ1v) is 5.72. The quantitative estimate of drug-likeness (QED) is 0.722. The van der Waals surface area contributed by atoms with Crippen LogP contribution in [-0.4, -0.2) is 43.3 Å². The average Bonchev–Trinajstić information content (AvgIpc) is 2.62. The van der Waals surface area contributed by atoms with E-state index in [1.165, 1.54) is 13.0 Å². The fourth-order valence-corrected chi connectivity index (χ4v) is 2.04. The summed E-state index contributed by atoms with van der Waals surface area (Å²) >= 11 is 0. The molecule has 0 bridgehead atoms. The summed E-state index contributed by atoms with van der Waals surface area (Å²) in [5.41, 5.74) is 5.90. The van der Waals surface area contributed by atoms with Crippen LogP contribution in [0.25, 0.3) is 0 Å². The van der Waals surface area contributed by atoms with Gasteiger partial charge in [0.1, 0.15) is 0 Å². The summed E-state index contributed by atoms with van der Waals surface area (Å²) in [5, 5.41) is 0. The van der Waals surface area contributed by atoms with Crippen LogP contribution >= 0.6 is 0 Å². The molecule has 84 valence electrons. The van der Waals surface area contributed by atoms with Gasteiger partial charge in [-0.1, -0.05) is 0 Å². The summed E-state index contributed by atoms with van der Waals surface area (Å²) in [6, 6.07) is 0.873. The molecule has 3 heteroatoms. The van der Waals surface area contributed by atoms with E-state index in [9.17, 15) is 0 Å². The molecule has 0 aromatic carbocycles. The van der Waals surface area contributed by atoms with Gasteiger partial charge in [0.05, 0.1) is 6.61 Å². The van der Waals surface area contributed by atoms with E-state index in [0.717, 1.165) is 19.8 Å². The van der Waals surface area contributed by atoms with Gasteiger partial charge in [0.15, 0.2) is 0 Å². The van der Waals surface area contributed by atoms with Crippen molar-refractivity contribution >= 4 is 0 Å². The summed E-state index contributed by atoms with van der Waals surface area (Å²) < 4.78 is 5.43. The lowest BCUT2D eigenvalue weighted by Crippen LogP contribution is -2.36. The van der Waals surface area contributed by atoms with E-state index in [0.29, 0.717) is 18.0 Å². The lowest BCUT2D eigenvalue weighted by Gasteiger charge is -2.24. The molecule has 1 fully saturated rings. The van der Waals surface area contributed by atoms with Crippen LogP contribution < -0.4 is 5.73 Å². The topological polar surface area (TPSA) is 38.5 Å². The minimum absolute atomic E-state index is 0.333. The molecule has 0 aromatic heterocycles. The van der Waals surface area contributed by atoms with Crippen LogP contribution in [0, 0.1) is 5.92 Å². The van der Waals surface area contributed by atoms with Gasteiger partial charge in [-0.25, -0.2) is 0 Å². The highest BCUT2D eigenvalue weighted by molar-refractivity contribution is 4.83. The van der Waals surface area contributed by atoms with E-state index < -0.39 is 0 Å². The van der Waals surface area contributed by atoms with Crippen LogP contribution in [0.1, 0.15) is 27.2 Å². The van der Waals surface area contributed by atoms with Crippen molar-refractivity contribution in [2.75, 3.05) is 26.3 Å². The lowest BCUT2D eigenvalue weighted by atomic mass is 10.0. The van der Waals surface area contributed by atoms with Gasteiger partial charge in [0, 0.05) is 25.2 Å². The molecule has 14 heavy (non-hydrogen) atoms. The van der Waals surface area contributed by atoms with Crippen LogP contribution in [0.2, 0.25) is 0 Å². The molecule has 0 aliphatic carbocycles. The van der Waals surface area contributed by atoms with Crippen LogP contribution in [0.3, 0.4) is 0 Å². The van der Waals surface area contributed by atoms with Gasteiger partial charge in [-0.2, -0.15) is 0 Å². The summed E-state index contributed by atoms with van der Waals surface area (Å²) in [7, 11) is 0. The maximum absolute atomic E-state index is 5.90. The minimum Gasteiger partial charge on any atom is -0.380 e. The third kappa shape index (κ3) is 3.23. The first-order chi connectivity index (χ1) is 6.65. The van der Waals surface area contributed by atoms with Crippen LogP contribution in [0.5, 0.6) is 0 Å². The summed E-state index contributed by atoms with van der Waals surface area (Å²) in [6.45, 7) is 10.4. The van der Waals surface area contributed by atoms with Crippen LogP contribution in [0.15, 0.2) is 0 Å². The van der Waals surface area contributed by atoms with E-state index >= 15 is 0 Å². The Balaban J connectivity index is 2.26. The molecule has 3 unspecified atom stereocenters. The molecule has 2 N–H and O–H groups in total. The summed E-state index contributed by atoms with van der Waals surface area (Å²) in [6.07, 6.45) is 1.24. The van der Waals surface area contributed by atoms with E-state index in [-0.39, 0.29) is 0 Å². The second-order valence-corrected chi connectivity index (χ2v) is 4.41. The molecule has 0 amide bonds. The average molecular weight is 200 g/mol. The third-order valence-electron chi connectivity index (χ3n) is 3.19. The Morgan fingerprint density at radius 3 is 2.71 bits per heavy atom. The van der Waals surface area contributed by atoms with Gasteiger partial charge in [-0.3, -0.25) is 4.90 Å². The van der Waals surface area contributed by atoms with Gasteiger partial charge < -0.3 is 10.5 Å². The molecule has 1 rings (SSSR count). The Hall–Kier alpha value is -0.120. The Labute approximate surface area is 87.6 Å². The highest BCUT2D eigenvalue weighted by atomic mass is 16.5. The zero-order valence-electron chi connectivity index (χ0n) is 9.70. The van der Waals surface area contributed by atoms with Gasteiger partial charge in [-0.15, -0.1) is 0 Å². The molecule has 0 saturated carbocycles. The van der Waals surface area contributed by atoms with Crippen molar-refractivity contribution in [2.24, 2.45) is 11.7 Å². The van der Waals surface area contributed by atoms with Gasteiger partial charge >= 0.3 is 0 Å².